The Balaban J connectivity index is 0.00000127. The lowest BCUT2D eigenvalue weighted by Gasteiger charge is -2.38. The Kier molecular flexibility index (Phi) is 11.0. The van der Waals surface area contributed by atoms with Crippen molar-refractivity contribution in [3.05, 3.63) is 64.6 Å². The van der Waals surface area contributed by atoms with Crippen molar-refractivity contribution in [3.8, 4) is 5.75 Å². The number of nitrogens with one attached hydrogen (secondary N) is 2. The Morgan fingerprint density at radius 3 is 2.66 bits per heavy atom. The molecule has 0 aliphatic carbocycles. The number of H-pyrrole nitrogens is 1. The van der Waals surface area contributed by atoms with Crippen LogP contribution in [0.25, 0.3) is 10.9 Å². The molecule has 6 nitrogen and oxygen atoms in total. The summed E-state index contributed by atoms with van der Waals surface area (Å²) in [4.78, 5) is 17.2. The molecule has 3 aromatic rings. The van der Waals surface area contributed by atoms with Crippen LogP contribution in [0.4, 0.5) is 17.6 Å². The third-order valence-corrected chi connectivity index (χ3v) is 6.77. The standard InChI is InChI=1S/C27H33F2N3O3.CH2F2/c1-17(27(33)34)16-32-14-10-20-19-6-3-4-7-22(19)31-25(20)26(32)24-18(2)23(9-8-21(24)29)35-15-13-30-12-5-11-28;2-1-3/h3-4,6-9,17,26,30-31H,5,10-16H2,1-2H3,(H,33,34);1H2. The lowest BCUT2D eigenvalue weighted by Crippen LogP contribution is -2.41. The highest BCUT2D eigenvalue weighted by Crippen LogP contribution is 2.42. The molecule has 4 rings (SSSR count). The van der Waals surface area contributed by atoms with E-state index in [0.29, 0.717) is 56.1 Å². The molecule has 3 N–H and O–H groups in total. The van der Waals surface area contributed by atoms with E-state index in [4.69, 9.17) is 4.74 Å². The van der Waals surface area contributed by atoms with Crippen LogP contribution >= 0.6 is 0 Å². The molecular weight excluding hydrogens is 502 g/mol. The van der Waals surface area contributed by atoms with Crippen LogP contribution in [-0.4, -0.2) is 67.3 Å². The van der Waals surface area contributed by atoms with Gasteiger partial charge in [-0.2, -0.15) is 0 Å². The zero-order chi connectivity index (χ0) is 27.7. The molecule has 0 bridgehead atoms. The summed E-state index contributed by atoms with van der Waals surface area (Å²) in [6.07, 6.45) is 1.21. The van der Waals surface area contributed by atoms with Crippen LogP contribution in [0.15, 0.2) is 36.4 Å². The van der Waals surface area contributed by atoms with Crippen LogP contribution in [0.2, 0.25) is 0 Å². The number of hydrogen-bond acceptors (Lipinski definition) is 4. The molecular formula is C28H35F4N3O3. The number of para-hydroxylation sites is 1. The van der Waals surface area contributed by atoms with Crippen molar-refractivity contribution in [1.82, 2.24) is 15.2 Å². The van der Waals surface area contributed by atoms with E-state index >= 15 is 4.39 Å². The highest BCUT2D eigenvalue weighted by Gasteiger charge is 2.36. The van der Waals surface area contributed by atoms with Gasteiger partial charge in [-0.05, 0) is 55.6 Å². The van der Waals surface area contributed by atoms with Crippen molar-refractivity contribution < 1.29 is 32.2 Å². The molecule has 10 heteroatoms. The number of alkyl halides is 3. The number of hydrogen-bond donors (Lipinski definition) is 3. The predicted octanol–water partition coefficient (Wildman–Crippen LogP) is 5.49. The van der Waals surface area contributed by atoms with Gasteiger partial charge in [0.25, 0.3) is 0 Å². The monoisotopic (exact) mass is 537 g/mol. The molecule has 1 aromatic heterocycles. The molecule has 38 heavy (non-hydrogen) atoms. The highest BCUT2D eigenvalue weighted by atomic mass is 19.3. The average Bonchev–Trinajstić information content (AvgIpc) is 3.27. The van der Waals surface area contributed by atoms with Crippen molar-refractivity contribution >= 4 is 16.9 Å². The third kappa shape index (κ3) is 6.85. The molecule has 0 saturated heterocycles. The van der Waals surface area contributed by atoms with Gasteiger partial charge in [0.1, 0.15) is 18.2 Å². The van der Waals surface area contributed by atoms with E-state index in [0.717, 1.165) is 28.6 Å². The Morgan fingerprint density at radius 2 is 1.95 bits per heavy atom. The van der Waals surface area contributed by atoms with Gasteiger partial charge >= 0.3 is 5.97 Å². The molecule has 0 saturated carbocycles. The van der Waals surface area contributed by atoms with E-state index in [1.807, 2.05) is 25.1 Å². The van der Waals surface area contributed by atoms with Gasteiger partial charge in [-0.3, -0.25) is 14.1 Å². The number of carboxylic acids is 1. The zero-order valence-corrected chi connectivity index (χ0v) is 21.7. The fourth-order valence-electron chi connectivity index (χ4n) is 4.96. The van der Waals surface area contributed by atoms with Gasteiger partial charge in [-0.25, -0.2) is 13.2 Å². The Bertz CT molecular complexity index is 1200. The second kappa shape index (κ2) is 14.2. The zero-order valence-electron chi connectivity index (χ0n) is 21.7. The summed E-state index contributed by atoms with van der Waals surface area (Å²) in [5.41, 5.74) is 4.23. The molecule has 0 amide bonds. The van der Waals surface area contributed by atoms with Gasteiger partial charge in [0.15, 0.2) is 0 Å². The van der Waals surface area contributed by atoms with Crippen LogP contribution in [0.1, 0.15) is 41.8 Å². The van der Waals surface area contributed by atoms with Crippen molar-refractivity contribution in [2.45, 2.75) is 32.7 Å². The third-order valence-electron chi connectivity index (χ3n) is 6.77. The van der Waals surface area contributed by atoms with E-state index in [2.05, 4.69) is 21.3 Å². The Morgan fingerprint density at radius 1 is 1.21 bits per heavy atom. The van der Waals surface area contributed by atoms with Crippen LogP contribution in [0.3, 0.4) is 0 Å². The summed E-state index contributed by atoms with van der Waals surface area (Å²) in [6, 6.07) is 10.6. The molecule has 0 fully saturated rings. The van der Waals surface area contributed by atoms with E-state index < -0.39 is 24.9 Å². The molecule has 2 heterocycles. The van der Waals surface area contributed by atoms with E-state index in [-0.39, 0.29) is 12.5 Å². The number of aliphatic carboxylic acids is 1. The van der Waals surface area contributed by atoms with Gasteiger partial charge in [0.05, 0.1) is 18.6 Å². The number of rotatable bonds is 11. The largest absolute Gasteiger partial charge is 0.492 e. The first kappa shape index (κ1) is 29.4. The number of ether oxygens (including phenoxy) is 1. The van der Waals surface area contributed by atoms with Crippen LogP contribution in [-0.2, 0) is 11.2 Å². The van der Waals surface area contributed by atoms with Crippen LogP contribution in [0.5, 0.6) is 5.75 Å². The van der Waals surface area contributed by atoms with E-state index in [1.165, 1.54) is 6.07 Å². The lowest BCUT2D eigenvalue weighted by molar-refractivity contribution is -0.141. The fourth-order valence-corrected chi connectivity index (χ4v) is 4.96. The topological polar surface area (TPSA) is 77.6 Å². The number of carboxylic acid groups (broad SMARTS) is 1. The summed E-state index contributed by atoms with van der Waals surface area (Å²) < 4.78 is 53.0. The van der Waals surface area contributed by atoms with Crippen molar-refractivity contribution in [3.63, 3.8) is 0 Å². The Hall–Kier alpha value is -3.11. The smallest absolute Gasteiger partial charge is 0.307 e. The van der Waals surface area contributed by atoms with Gasteiger partial charge in [-0.15, -0.1) is 0 Å². The Labute approximate surface area is 220 Å². The van der Waals surface area contributed by atoms with Crippen molar-refractivity contribution in [2.75, 3.05) is 46.4 Å². The maximum absolute atomic E-state index is 15.5. The SMILES string of the molecule is Cc1c(OCCNCCCF)ccc(F)c1C1c2[nH]c3ccccc3c2CCN1CC(C)C(=O)O.FCF. The first-order valence-corrected chi connectivity index (χ1v) is 12.7. The minimum Gasteiger partial charge on any atom is -0.492 e. The molecule has 208 valence electrons. The minimum absolute atomic E-state index is 0.303. The molecule has 1 aliphatic heterocycles. The molecule has 0 radical (unpaired) electrons. The van der Waals surface area contributed by atoms with Gasteiger partial charge in [-0.1, -0.05) is 25.1 Å². The summed E-state index contributed by atoms with van der Waals surface area (Å²) >= 11 is 0. The highest BCUT2D eigenvalue weighted by molar-refractivity contribution is 5.85. The fraction of sp³-hybridized carbons (Fsp3) is 0.464. The summed E-state index contributed by atoms with van der Waals surface area (Å²) in [5, 5.41) is 13.8. The molecule has 2 atom stereocenters. The summed E-state index contributed by atoms with van der Waals surface area (Å²) in [7, 11) is 0. The van der Waals surface area contributed by atoms with Crippen LogP contribution < -0.4 is 10.1 Å². The van der Waals surface area contributed by atoms with Crippen LogP contribution in [0, 0.1) is 18.7 Å². The quantitative estimate of drug-likeness (QED) is 0.223. The van der Waals surface area contributed by atoms with Crippen molar-refractivity contribution in [2.24, 2.45) is 5.92 Å². The lowest BCUT2D eigenvalue weighted by atomic mass is 9.88. The van der Waals surface area contributed by atoms with Gasteiger partial charge < -0.3 is 20.1 Å². The normalized spacial score (nSPS) is 16.0. The first-order chi connectivity index (χ1) is 18.3. The number of aromatic amines is 1. The number of fused-ring (bicyclic) bond motifs is 3. The first-order valence-electron chi connectivity index (χ1n) is 12.7. The second-order valence-electron chi connectivity index (χ2n) is 9.28. The number of aromatic nitrogens is 1. The maximum atomic E-state index is 15.5. The minimum atomic E-state index is -1.75. The number of carbonyl (C=O) groups is 1. The molecule has 0 spiro atoms. The average molecular weight is 538 g/mol. The second-order valence-corrected chi connectivity index (χ2v) is 9.28. The predicted molar refractivity (Wildman–Crippen MR) is 139 cm³/mol. The van der Waals surface area contributed by atoms with Gasteiger partial charge in [0, 0.05) is 41.8 Å². The van der Waals surface area contributed by atoms with Crippen molar-refractivity contribution in [1.29, 1.82) is 0 Å². The number of halogens is 4. The maximum Gasteiger partial charge on any atom is 0.307 e. The molecule has 2 unspecified atom stereocenters. The van der Waals surface area contributed by atoms with E-state index in [9.17, 15) is 23.1 Å². The molecule has 1 aliphatic rings. The summed E-state index contributed by atoms with van der Waals surface area (Å²) in [5.74, 6) is -1.23. The van der Waals surface area contributed by atoms with Gasteiger partial charge in [0.2, 0.25) is 6.93 Å². The number of nitrogens with zero attached hydrogens (tertiary/aromatic N) is 1. The van der Waals surface area contributed by atoms with E-state index in [1.54, 1.807) is 13.0 Å². The summed E-state index contributed by atoms with van der Waals surface area (Å²) in [6.45, 7) is 3.86. The number of benzene rings is 2. The molecule has 2 aromatic carbocycles.